The van der Waals surface area contributed by atoms with Crippen molar-refractivity contribution in [3.8, 4) is 44.5 Å². The second-order valence-corrected chi connectivity index (χ2v) is 16.2. The molecule has 0 spiro atoms. The van der Waals surface area contributed by atoms with Crippen LogP contribution in [0.3, 0.4) is 0 Å². The summed E-state index contributed by atoms with van der Waals surface area (Å²) in [6, 6.07) is 54.2. The predicted molar refractivity (Wildman–Crippen MR) is 281 cm³/mol. The van der Waals surface area contributed by atoms with E-state index in [1.807, 2.05) is 58.0 Å². The maximum Gasteiger partial charge on any atom is 0.159 e. The maximum absolute atomic E-state index is 4.68. The first-order valence-corrected chi connectivity index (χ1v) is 23.0. The Hall–Kier alpha value is -6.90. The Kier molecular flexibility index (Phi) is 16.3. The number of fused-ring (bicyclic) bond motifs is 6. The maximum atomic E-state index is 4.68. The van der Waals surface area contributed by atoms with Gasteiger partial charge in [-0.3, -0.25) is 0 Å². The molecule has 0 radical (unpaired) electrons. The zero-order valence-electron chi connectivity index (χ0n) is 39.3. The van der Waals surface area contributed by atoms with Gasteiger partial charge in [0.2, 0.25) is 0 Å². The molecule has 0 amide bonds. The number of hydrogen-bond donors (Lipinski definition) is 0. The monoisotopic (exact) mass is 837 g/mol. The standard InChI is InChI=1S/C30H24N2.C21H18.C7H10.2C2H6/c1-20-9-11-23(12-10-20)24-13-14-25-17-26-15-16-27(19-29(26)28(25)18-24)30(31-3)32-21(2)22-7-5-4-6-8-22;1-14-7-8-16(11-15(14)2)17-9-10-19-12-18-5-3-4-6-20(18)21(19)13-17;1-7-5-3-2-4-6-7;2*1-2/h4-16,18-19H,2-3,17H2,1H3;3-11,13H,12H2,1-2H3;2-5,7H,6H2,1H3;2*1-2H3. The second kappa shape index (κ2) is 22.5. The van der Waals surface area contributed by atoms with Gasteiger partial charge in [-0.1, -0.05) is 205 Å². The van der Waals surface area contributed by atoms with Crippen LogP contribution in [-0.2, 0) is 12.8 Å². The Bertz CT molecular complexity index is 2800. The van der Waals surface area contributed by atoms with Crippen LogP contribution in [0.4, 0.5) is 0 Å². The van der Waals surface area contributed by atoms with Crippen LogP contribution >= 0.6 is 0 Å². The van der Waals surface area contributed by atoms with Crippen LogP contribution in [0.2, 0.25) is 0 Å². The smallest absolute Gasteiger partial charge is 0.159 e. The average Bonchev–Trinajstić information content (AvgIpc) is 3.91. The lowest BCUT2D eigenvalue weighted by atomic mass is 9.96. The Labute approximate surface area is 384 Å². The van der Waals surface area contributed by atoms with Gasteiger partial charge in [-0.05, 0) is 154 Å². The Morgan fingerprint density at radius 1 is 0.500 bits per heavy atom. The van der Waals surface area contributed by atoms with E-state index in [4.69, 9.17) is 0 Å². The minimum absolute atomic E-state index is 0.588. The molecule has 0 saturated carbocycles. The predicted octanol–water partition coefficient (Wildman–Crippen LogP) is 17.1. The van der Waals surface area contributed by atoms with Gasteiger partial charge in [-0.15, -0.1) is 0 Å². The summed E-state index contributed by atoms with van der Waals surface area (Å²) in [7, 11) is 0. The molecule has 10 rings (SSSR count). The first kappa shape index (κ1) is 46.6. The largest absolute Gasteiger partial charge is 0.245 e. The van der Waals surface area contributed by atoms with E-state index < -0.39 is 0 Å². The minimum atomic E-state index is 0.588. The van der Waals surface area contributed by atoms with E-state index in [1.165, 1.54) is 89.9 Å². The van der Waals surface area contributed by atoms with Crippen molar-refractivity contribution >= 4 is 18.3 Å². The summed E-state index contributed by atoms with van der Waals surface area (Å²) < 4.78 is 0. The van der Waals surface area contributed by atoms with E-state index >= 15 is 0 Å². The number of aryl methyl sites for hydroxylation is 3. The van der Waals surface area contributed by atoms with Crippen LogP contribution in [-0.4, -0.2) is 12.6 Å². The molecule has 3 aliphatic carbocycles. The van der Waals surface area contributed by atoms with Gasteiger partial charge >= 0.3 is 0 Å². The second-order valence-electron chi connectivity index (χ2n) is 16.2. The summed E-state index contributed by atoms with van der Waals surface area (Å²) in [5.41, 5.74) is 22.6. The molecule has 0 aromatic heterocycles. The van der Waals surface area contributed by atoms with Gasteiger partial charge in [0.1, 0.15) is 0 Å². The molecule has 7 aromatic rings. The normalized spacial score (nSPS) is 13.4. The molecule has 0 saturated heterocycles. The third-order valence-corrected chi connectivity index (χ3v) is 11.9. The summed E-state index contributed by atoms with van der Waals surface area (Å²) in [6.07, 6.45) is 11.9. The molecule has 322 valence electrons. The Balaban J connectivity index is 0.000000181. The molecule has 0 aliphatic heterocycles. The van der Waals surface area contributed by atoms with Crippen LogP contribution in [0.1, 0.15) is 91.1 Å². The first-order valence-electron chi connectivity index (χ1n) is 23.0. The molecule has 64 heavy (non-hydrogen) atoms. The van der Waals surface area contributed by atoms with Crippen molar-refractivity contribution in [3.05, 3.63) is 233 Å². The van der Waals surface area contributed by atoms with Crippen molar-refractivity contribution in [2.24, 2.45) is 15.9 Å². The lowest BCUT2D eigenvalue weighted by molar-refractivity contribution is 0.737. The van der Waals surface area contributed by atoms with E-state index in [9.17, 15) is 0 Å². The van der Waals surface area contributed by atoms with Crippen LogP contribution in [0.25, 0.3) is 50.2 Å². The summed E-state index contributed by atoms with van der Waals surface area (Å²) in [5, 5.41) is 0. The van der Waals surface area contributed by atoms with Crippen molar-refractivity contribution in [2.75, 3.05) is 0 Å². The van der Waals surface area contributed by atoms with Crippen LogP contribution < -0.4 is 0 Å². The van der Waals surface area contributed by atoms with Gasteiger partial charge in [0.05, 0.1) is 5.70 Å². The third-order valence-electron chi connectivity index (χ3n) is 11.9. The molecule has 1 unspecified atom stereocenters. The fraction of sp³-hybridized carbons (Fsp3) is 0.194. The van der Waals surface area contributed by atoms with E-state index in [-0.39, 0.29) is 0 Å². The summed E-state index contributed by atoms with van der Waals surface area (Å²) in [6.45, 7) is 24.6. The van der Waals surface area contributed by atoms with Gasteiger partial charge in [0.25, 0.3) is 0 Å². The number of hydrogen-bond acceptors (Lipinski definition) is 1. The fourth-order valence-corrected chi connectivity index (χ4v) is 8.18. The highest BCUT2D eigenvalue weighted by Gasteiger charge is 2.21. The van der Waals surface area contributed by atoms with Gasteiger partial charge in [-0.2, -0.15) is 0 Å². The molecule has 0 fully saturated rings. The number of nitrogens with zero attached hydrogens (tertiary/aromatic N) is 2. The molecule has 0 heterocycles. The van der Waals surface area contributed by atoms with Crippen molar-refractivity contribution < 1.29 is 0 Å². The van der Waals surface area contributed by atoms with Crippen LogP contribution in [0, 0.1) is 26.7 Å². The van der Waals surface area contributed by atoms with Crippen molar-refractivity contribution in [2.45, 2.75) is 74.7 Å². The topological polar surface area (TPSA) is 24.7 Å². The molecule has 3 aliphatic rings. The van der Waals surface area contributed by atoms with E-state index in [0.29, 0.717) is 11.5 Å². The number of aliphatic imine (C=N–C) groups is 2. The van der Waals surface area contributed by atoms with Crippen LogP contribution in [0.15, 0.2) is 193 Å². The molecular formula is C62H64N2. The first-order chi connectivity index (χ1) is 31.2. The molecule has 7 aromatic carbocycles. The number of allylic oxidation sites excluding steroid dienone is 4. The zero-order valence-corrected chi connectivity index (χ0v) is 39.3. The molecule has 2 nitrogen and oxygen atoms in total. The summed E-state index contributed by atoms with van der Waals surface area (Å²) in [4.78, 5) is 8.90. The quantitative estimate of drug-likeness (QED) is 0.122. The molecular weight excluding hydrogens is 773 g/mol. The highest BCUT2D eigenvalue weighted by molar-refractivity contribution is 6.05. The number of rotatable bonds is 5. The molecule has 2 heteroatoms. The number of amidine groups is 1. The van der Waals surface area contributed by atoms with Gasteiger partial charge < -0.3 is 0 Å². The highest BCUT2D eigenvalue weighted by Crippen LogP contribution is 2.41. The van der Waals surface area contributed by atoms with Gasteiger partial charge in [0, 0.05) is 5.56 Å². The van der Waals surface area contributed by atoms with Crippen molar-refractivity contribution in [3.63, 3.8) is 0 Å². The highest BCUT2D eigenvalue weighted by atomic mass is 14.9. The van der Waals surface area contributed by atoms with Crippen LogP contribution in [0.5, 0.6) is 0 Å². The zero-order chi connectivity index (χ0) is 45.6. The lowest BCUT2D eigenvalue weighted by Gasteiger charge is -2.09. The fourth-order valence-electron chi connectivity index (χ4n) is 8.18. The van der Waals surface area contributed by atoms with Gasteiger partial charge in [-0.25, -0.2) is 9.98 Å². The van der Waals surface area contributed by atoms with Gasteiger partial charge in [0.15, 0.2) is 5.84 Å². The molecule has 1 atom stereocenters. The molecule has 0 N–H and O–H groups in total. The third kappa shape index (κ3) is 11.2. The van der Waals surface area contributed by atoms with E-state index in [2.05, 4.69) is 197 Å². The van der Waals surface area contributed by atoms with Crippen molar-refractivity contribution in [1.82, 2.24) is 0 Å². The average molecular weight is 837 g/mol. The minimum Gasteiger partial charge on any atom is -0.245 e. The SMILES string of the molecule is C=NC(=NC(=C)c1ccccc1)c1ccc2c(c1)-c1cc(-c3ccc(C)cc3)ccc1C2.CC.CC.CC1C=CC=CC1.Cc1ccc(-c2ccc3c(c2)-c2ccccc2C3)cc1C. The summed E-state index contributed by atoms with van der Waals surface area (Å²) >= 11 is 0. The summed E-state index contributed by atoms with van der Waals surface area (Å²) in [5.74, 6) is 1.36. The lowest BCUT2D eigenvalue weighted by Crippen LogP contribution is -1.98. The Morgan fingerprint density at radius 3 is 1.62 bits per heavy atom. The number of benzene rings is 7. The van der Waals surface area contributed by atoms with E-state index in [0.717, 1.165) is 29.9 Å². The molecule has 0 bridgehead atoms. The van der Waals surface area contributed by atoms with E-state index in [1.54, 1.807) is 0 Å². The Morgan fingerprint density at radius 2 is 1.03 bits per heavy atom. The van der Waals surface area contributed by atoms with Crippen molar-refractivity contribution in [1.29, 1.82) is 0 Å².